The lowest BCUT2D eigenvalue weighted by molar-refractivity contribution is 0.183. The molecule has 0 amide bonds. The van der Waals surface area contributed by atoms with Gasteiger partial charge in [-0.3, -0.25) is 0 Å². The van der Waals surface area contributed by atoms with Crippen LogP contribution in [0.25, 0.3) is 0 Å². The van der Waals surface area contributed by atoms with E-state index in [1.165, 1.54) is 11.1 Å². The Morgan fingerprint density at radius 1 is 1.22 bits per heavy atom. The van der Waals surface area contributed by atoms with Crippen LogP contribution in [-0.4, -0.2) is 30.9 Å². The second-order valence-corrected chi connectivity index (χ2v) is 4.81. The number of ether oxygens (including phenoxy) is 1. The molecule has 18 heavy (non-hydrogen) atoms. The Kier molecular flexibility index (Phi) is 6.76. The molecule has 3 nitrogen and oxygen atoms in total. The summed E-state index contributed by atoms with van der Waals surface area (Å²) in [7, 11) is 0. The van der Waals surface area contributed by atoms with Crippen LogP contribution in [-0.2, 0) is 0 Å². The lowest BCUT2D eigenvalue weighted by Crippen LogP contribution is -2.21. The molecule has 0 saturated heterocycles. The SMILES string of the molecule is Cc1cccc(C)c1OCCCNCCC(C)O. The molecule has 0 aliphatic carbocycles. The van der Waals surface area contributed by atoms with Crippen LogP contribution >= 0.6 is 0 Å². The van der Waals surface area contributed by atoms with Crippen molar-refractivity contribution in [1.29, 1.82) is 0 Å². The van der Waals surface area contributed by atoms with Gasteiger partial charge in [0, 0.05) is 0 Å². The Morgan fingerprint density at radius 3 is 2.50 bits per heavy atom. The maximum absolute atomic E-state index is 9.10. The van der Waals surface area contributed by atoms with Crippen molar-refractivity contribution >= 4 is 0 Å². The molecule has 1 unspecified atom stereocenters. The smallest absolute Gasteiger partial charge is 0.125 e. The summed E-state index contributed by atoms with van der Waals surface area (Å²) in [4.78, 5) is 0. The molecule has 2 N–H and O–H groups in total. The first-order chi connectivity index (χ1) is 8.61. The van der Waals surface area contributed by atoms with Crippen molar-refractivity contribution in [3.05, 3.63) is 29.3 Å². The van der Waals surface area contributed by atoms with E-state index >= 15 is 0 Å². The summed E-state index contributed by atoms with van der Waals surface area (Å²) in [6, 6.07) is 6.20. The number of hydrogen-bond acceptors (Lipinski definition) is 3. The van der Waals surface area contributed by atoms with Crippen molar-refractivity contribution < 1.29 is 9.84 Å². The first kappa shape index (κ1) is 15.0. The van der Waals surface area contributed by atoms with Gasteiger partial charge in [-0.1, -0.05) is 18.2 Å². The third-order valence-corrected chi connectivity index (χ3v) is 2.89. The van der Waals surface area contributed by atoms with Crippen LogP contribution in [0.5, 0.6) is 5.75 Å². The Morgan fingerprint density at radius 2 is 1.89 bits per heavy atom. The van der Waals surface area contributed by atoms with E-state index in [0.717, 1.165) is 38.3 Å². The van der Waals surface area contributed by atoms with Crippen LogP contribution in [0, 0.1) is 13.8 Å². The molecule has 0 heterocycles. The van der Waals surface area contributed by atoms with E-state index in [4.69, 9.17) is 9.84 Å². The predicted octanol–water partition coefficient (Wildman–Crippen LogP) is 2.43. The molecule has 0 fully saturated rings. The maximum Gasteiger partial charge on any atom is 0.125 e. The molecule has 0 aliphatic heterocycles. The molecule has 0 aliphatic rings. The maximum atomic E-state index is 9.10. The number of aliphatic hydroxyl groups is 1. The molecule has 1 atom stereocenters. The molecule has 3 heteroatoms. The van der Waals surface area contributed by atoms with Gasteiger partial charge in [0.2, 0.25) is 0 Å². The zero-order valence-corrected chi connectivity index (χ0v) is 11.7. The summed E-state index contributed by atoms with van der Waals surface area (Å²) in [6.45, 7) is 8.48. The minimum Gasteiger partial charge on any atom is -0.493 e. The molecule has 0 radical (unpaired) electrons. The topological polar surface area (TPSA) is 41.5 Å². The van der Waals surface area contributed by atoms with E-state index in [9.17, 15) is 0 Å². The summed E-state index contributed by atoms with van der Waals surface area (Å²) in [5, 5.41) is 12.4. The molecule has 0 bridgehead atoms. The van der Waals surface area contributed by atoms with Crippen molar-refractivity contribution in [3.8, 4) is 5.75 Å². The van der Waals surface area contributed by atoms with E-state index in [0.29, 0.717) is 0 Å². The first-order valence-electron chi connectivity index (χ1n) is 6.69. The normalized spacial score (nSPS) is 12.4. The van der Waals surface area contributed by atoms with Crippen LogP contribution in [0.1, 0.15) is 30.9 Å². The Hall–Kier alpha value is -1.06. The Balaban J connectivity index is 2.14. The van der Waals surface area contributed by atoms with Gasteiger partial charge in [-0.25, -0.2) is 0 Å². The molecule has 102 valence electrons. The summed E-state index contributed by atoms with van der Waals surface area (Å²) in [6.07, 6.45) is 1.56. The fourth-order valence-electron chi connectivity index (χ4n) is 1.83. The average Bonchev–Trinajstić information content (AvgIpc) is 2.30. The number of nitrogens with one attached hydrogen (secondary N) is 1. The lowest BCUT2D eigenvalue weighted by atomic mass is 10.1. The second-order valence-electron chi connectivity index (χ2n) is 4.81. The number of aryl methyl sites for hydroxylation is 2. The van der Waals surface area contributed by atoms with Crippen molar-refractivity contribution in [2.75, 3.05) is 19.7 Å². The van der Waals surface area contributed by atoms with E-state index in [1.807, 2.05) is 6.92 Å². The number of aliphatic hydroxyl groups excluding tert-OH is 1. The van der Waals surface area contributed by atoms with Gasteiger partial charge < -0.3 is 15.2 Å². The van der Waals surface area contributed by atoms with Crippen LogP contribution in [0.4, 0.5) is 0 Å². The van der Waals surface area contributed by atoms with Crippen LogP contribution in [0.3, 0.4) is 0 Å². The molecule has 1 rings (SSSR count). The quantitative estimate of drug-likeness (QED) is 0.697. The highest BCUT2D eigenvalue weighted by Gasteiger charge is 2.02. The minimum absolute atomic E-state index is 0.219. The standard InChI is InChI=1S/C15H25NO2/c1-12-6-4-7-13(2)15(12)18-11-5-9-16-10-8-14(3)17/h4,6-7,14,16-17H,5,8-11H2,1-3H3. The summed E-state index contributed by atoms with van der Waals surface area (Å²) >= 11 is 0. The monoisotopic (exact) mass is 251 g/mol. The van der Waals surface area contributed by atoms with Gasteiger partial charge in [-0.15, -0.1) is 0 Å². The van der Waals surface area contributed by atoms with Crippen molar-refractivity contribution in [3.63, 3.8) is 0 Å². The fraction of sp³-hybridized carbons (Fsp3) is 0.600. The van der Waals surface area contributed by atoms with Crippen molar-refractivity contribution in [2.45, 2.75) is 39.7 Å². The molecule has 0 aromatic heterocycles. The number of hydrogen-bond donors (Lipinski definition) is 2. The first-order valence-corrected chi connectivity index (χ1v) is 6.69. The largest absolute Gasteiger partial charge is 0.493 e. The molecular formula is C15H25NO2. The number of para-hydroxylation sites is 1. The molecular weight excluding hydrogens is 226 g/mol. The van der Waals surface area contributed by atoms with Crippen molar-refractivity contribution in [1.82, 2.24) is 5.32 Å². The van der Waals surface area contributed by atoms with Crippen LogP contribution in [0.15, 0.2) is 18.2 Å². The van der Waals surface area contributed by atoms with E-state index in [1.54, 1.807) is 0 Å². The highest BCUT2D eigenvalue weighted by Crippen LogP contribution is 2.22. The van der Waals surface area contributed by atoms with E-state index in [2.05, 4.69) is 37.4 Å². The van der Waals surface area contributed by atoms with Gasteiger partial charge >= 0.3 is 0 Å². The second kappa shape index (κ2) is 8.11. The molecule has 0 spiro atoms. The van der Waals surface area contributed by atoms with E-state index < -0.39 is 0 Å². The molecule has 1 aromatic rings. The lowest BCUT2D eigenvalue weighted by Gasteiger charge is -2.12. The van der Waals surface area contributed by atoms with Gasteiger partial charge in [0.1, 0.15) is 5.75 Å². The summed E-state index contributed by atoms with van der Waals surface area (Å²) < 4.78 is 5.81. The van der Waals surface area contributed by atoms with Gasteiger partial charge in [0.05, 0.1) is 12.7 Å². The summed E-state index contributed by atoms with van der Waals surface area (Å²) in [5.74, 6) is 1.02. The number of benzene rings is 1. The third kappa shape index (κ3) is 5.52. The van der Waals surface area contributed by atoms with E-state index in [-0.39, 0.29) is 6.10 Å². The van der Waals surface area contributed by atoms with Gasteiger partial charge in [0.25, 0.3) is 0 Å². The van der Waals surface area contributed by atoms with Gasteiger partial charge in [-0.05, 0) is 57.8 Å². The highest BCUT2D eigenvalue weighted by atomic mass is 16.5. The zero-order chi connectivity index (χ0) is 13.4. The van der Waals surface area contributed by atoms with Crippen LogP contribution < -0.4 is 10.1 Å². The minimum atomic E-state index is -0.219. The Labute approximate surface area is 110 Å². The highest BCUT2D eigenvalue weighted by molar-refractivity contribution is 5.39. The van der Waals surface area contributed by atoms with Crippen molar-refractivity contribution in [2.24, 2.45) is 0 Å². The fourth-order valence-corrected chi connectivity index (χ4v) is 1.83. The van der Waals surface area contributed by atoms with Gasteiger partial charge in [0.15, 0.2) is 0 Å². The molecule has 0 saturated carbocycles. The van der Waals surface area contributed by atoms with Crippen LogP contribution in [0.2, 0.25) is 0 Å². The number of rotatable bonds is 8. The average molecular weight is 251 g/mol. The zero-order valence-electron chi connectivity index (χ0n) is 11.7. The predicted molar refractivity (Wildman–Crippen MR) is 75.2 cm³/mol. The third-order valence-electron chi connectivity index (χ3n) is 2.89. The molecule has 1 aromatic carbocycles. The Bertz CT molecular complexity index is 330. The van der Waals surface area contributed by atoms with Gasteiger partial charge in [-0.2, -0.15) is 0 Å². The summed E-state index contributed by atoms with van der Waals surface area (Å²) in [5.41, 5.74) is 2.38.